The SMILES string of the molecule is CC1CCN(C(=O)COC2CNC2)C1C. The summed E-state index contributed by atoms with van der Waals surface area (Å²) in [4.78, 5) is 13.8. The van der Waals surface area contributed by atoms with Gasteiger partial charge in [0.05, 0.1) is 6.10 Å². The minimum Gasteiger partial charge on any atom is -0.366 e. The fourth-order valence-electron chi connectivity index (χ4n) is 2.10. The van der Waals surface area contributed by atoms with Crippen LogP contribution in [-0.2, 0) is 9.53 Å². The van der Waals surface area contributed by atoms with Gasteiger partial charge in [0.15, 0.2) is 0 Å². The van der Waals surface area contributed by atoms with Gasteiger partial charge in [0.2, 0.25) is 5.91 Å². The Kier molecular flexibility index (Phi) is 3.26. The Bertz CT molecular complexity index is 241. The van der Waals surface area contributed by atoms with Crippen LogP contribution in [-0.4, -0.2) is 49.2 Å². The van der Waals surface area contributed by atoms with Crippen LogP contribution >= 0.6 is 0 Å². The van der Waals surface area contributed by atoms with E-state index in [2.05, 4.69) is 19.2 Å². The van der Waals surface area contributed by atoms with E-state index in [1.807, 2.05) is 4.90 Å². The molecule has 2 unspecified atom stereocenters. The second-order valence-electron chi connectivity index (χ2n) is 4.68. The monoisotopic (exact) mass is 212 g/mol. The van der Waals surface area contributed by atoms with Crippen LogP contribution in [0.4, 0.5) is 0 Å². The van der Waals surface area contributed by atoms with Crippen molar-refractivity contribution in [3.05, 3.63) is 0 Å². The first-order valence-electron chi connectivity index (χ1n) is 5.80. The molecular weight excluding hydrogens is 192 g/mol. The first kappa shape index (κ1) is 10.9. The van der Waals surface area contributed by atoms with E-state index in [1.54, 1.807) is 0 Å². The van der Waals surface area contributed by atoms with Crippen molar-refractivity contribution in [3.63, 3.8) is 0 Å². The van der Waals surface area contributed by atoms with Crippen LogP contribution in [0.15, 0.2) is 0 Å². The lowest BCUT2D eigenvalue weighted by atomic mass is 10.1. The van der Waals surface area contributed by atoms with Gasteiger partial charge in [0.25, 0.3) is 0 Å². The zero-order valence-electron chi connectivity index (χ0n) is 9.53. The van der Waals surface area contributed by atoms with E-state index in [0.29, 0.717) is 12.0 Å². The first-order valence-corrected chi connectivity index (χ1v) is 5.80. The maximum atomic E-state index is 11.8. The van der Waals surface area contributed by atoms with Crippen LogP contribution < -0.4 is 5.32 Å². The Morgan fingerprint density at radius 2 is 2.20 bits per heavy atom. The summed E-state index contributed by atoms with van der Waals surface area (Å²) in [5, 5.41) is 3.12. The summed E-state index contributed by atoms with van der Waals surface area (Å²) in [7, 11) is 0. The molecule has 15 heavy (non-hydrogen) atoms. The van der Waals surface area contributed by atoms with Gasteiger partial charge in [-0.2, -0.15) is 0 Å². The van der Waals surface area contributed by atoms with Crippen LogP contribution in [0, 0.1) is 5.92 Å². The smallest absolute Gasteiger partial charge is 0.248 e. The number of carbonyl (C=O) groups is 1. The highest BCUT2D eigenvalue weighted by molar-refractivity contribution is 5.78. The highest BCUT2D eigenvalue weighted by Crippen LogP contribution is 2.23. The minimum atomic E-state index is 0.152. The molecular formula is C11H20N2O2. The van der Waals surface area contributed by atoms with E-state index in [1.165, 1.54) is 0 Å². The van der Waals surface area contributed by atoms with Gasteiger partial charge in [0.1, 0.15) is 6.61 Å². The molecule has 0 saturated carbocycles. The van der Waals surface area contributed by atoms with Crippen molar-refractivity contribution >= 4 is 5.91 Å². The summed E-state index contributed by atoms with van der Waals surface area (Å²) in [6.45, 7) is 7.25. The van der Waals surface area contributed by atoms with Gasteiger partial charge in [0, 0.05) is 25.7 Å². The van der Waals surface area contributed by atoms with Gasteiger partial charge in [-0.25, -0.2) is 0 Å². The Morgan fingerprint density at radius 1 is 1.47 bits per heavy atom. The van der Waals surface area contributed by atoms with Gasteiger partial charge in [-0.15, -0.1) is 0 Å². The van der Waals surface area contributed by atoms with E-state index in [0.717, 1.165) is 26.1 Å². The maximum absolute atomic E-state index is 11.8. The van der Waals surface area contributed by atoms with Gasteiger partial charge >= 0.3 is 0 Å². The van der Waals surface area contributed by atoms with Crippen LogP contribution in [0.25, 0.3) is 0 Å². The number of amides is 1. The summed E-state index contributed by atoms with van der Waals surface area (Å²) < 4.78 is 5.48. The largest absolute Gasteiger partial charge is 0.366 e. The summed E-state index contributed by atoms with van der Waals surface area (Å²) in [5.74, 6) is 0.776. The molecule has 4 nitrogen and oxygen atoms in total. The third-order valence-electron chi connectivity index (χ3n) is 3.65. The highest BCUT2D eigenvalue weighted by Gasteiger charge is 2.31. The van der Waals surface area contributed by atoms with Crippen LogP contribution in [0.1, 0.15) is 20.3 Å². The van der Waals surface area contributed by atoms with E-state index in [9.17, 15) is 4.79 Å². The van der Waals surface area contributed by atoms with Gasteiger partial charge in [-0.1, -0.05) is 6.92 Å². The maximum Gasteiger partial charge on any atom is 0.248 e. The Morgan fingerprint density at radius 3 is 2.67 bits per heavy atom. The lowest BCUT2D eigenvalue weighted by Gasteiger charge is -2.29. The van der Waals surface area contributed by atoms with Crippen LogP contribution in [0.3, 0.4) is 0 Å². The topological polar surface area (TPSA) is 41.6 Å². The quantitative estimate of drug-likeness (QED) is 0.728. The molecule has 0 bridgehead atoms. The van der Waals surface area contributed by atoms with Crippen LogP contribution in [0.5, 0.6) is 0 Å². The second kappa shape index (κ2) is 4.49. The zero-order valence-corrected chi connectivity index (χ0v) is 9.53. The van der Waals surface area contributed by atoms with Crippen LogP contribution in [0.2, 0.25) is 0 Å². The van der Waals surface area contributed by atoms with Crippen molar-refractivity contribution in [1.82, 2.24) is 10.2 Å². The number of likely N-dealkylation sites (tertiary alicyclic amines) is 1. The summed E-state index contributed by atoms with van der Waals surface area (Å²) in [6, 6.07) is 0.376. The third kappa shape index (κ3) is 2.32. The molecule has 0 aromatic carbocycles. The van der Waals surface area contributed by atoms with Crippen molar-refractivity contribution in [2.45, 2.75) is 32.4 Å². The Balaban J connectivity index is 1.75. The number of hydrogen-bond acceptors (Lipinski definition) is 3. The molecule has 0 aromatic rings. The number of hydrogen-bond donors (Lipinski definition) is 1. The molecule has 2 aliphatic heterocycles. The average Bonchev–Trinajstić information content (AvgIpc) is 2.45. The number of nitrogens with zero attached hydrogens (tertiary/aromatic N) is 1. The third-order valence-corrected chi connectivity index (χ3v) is 3.65. The van der Waals surface area contributed by atoms with Crippen molar-refractivity contribution in [3.8, 4) is 0 Å². The number of ether oxygens (including phenoxy) is 1. The predicted molar refractivity (Wildman–Crippen MR) is 57.6 cm³/mol. The highest BCUT2D eigenvalue weighted by atomic mass is 16.5. The van der Waals surface area contributed by atoms with E-state index < -0.39 is 0 Å². The lowest BCUT2D eigenvalue weighted by Crippen LogP contribution is -2.50. The molecule has 0 aliphatic carbocycles. The summed E-state index contributed by atoms with van der Waals surface area (Å²) in [6.07, 6.45) is 1.38. The molecule has 1 amide bonds. The molecule has 0 aromatic heterocycles. The molecule has 2 fully saturated rings. The van der Waals surface area contributed by atoms with E-state index in [4.69, 9.17) is 4.74 Å². The average molecular weight is 212 g/mol. The molecule has 86 valence electrons. The van der Waals surface area contributed by atoms with E-state index >= 15 is 0 Å². The number of rotatable bonds is 3. The normalized spacial score (nSPS) is 31.7. The van der Waals surface area contributed by atoms with Crippen molar-refractivity contribution in [1.29, 1.82) is 0 Å². The number of carbonyl (C=O) groups excluding carboxylic acids is 1. The van der Waals surface area contributed by atoms with Crippen molar-refractivity contribution < 1.29 is 9.53 Å². The molecule has 2 saturated heterocycles. The van der Waals surface area contributed by atoms with Gasteiger partial charge < -0.3 is 15.0 Å². The second-order valence-corrected chi connectivity index (χ2v) is 4.68. The Labute approximate surface area is 91.0 Å². The molecule has 0 spiro atoms. The molecule has 2 atom stereocenters. The molecule has 2 aliphatic rings. The fraction of sp³-hybridized carbons (Fsp3) is 0.909. The minimum absolute atomic E-state index is 0.152. The van der Waals surface area contributed by atoms with Crippen molar-refractivity contribution in [2.75, 3.05) is 26.2 Å². The van der Waals surface area contributed by atoms with Crippen molar-refractivity contribution in [2.24, 2.45) is 5.92 Å². The Hall–Kier alpha value is -0.610. The zero-order chi connectivity index (χ0) is 10.8. The van der Waals surface area contributed by atoms with E-state index in [-0.39, 0.29) is 18.6 Å². The molecule has 4 heteroatoms. The standard InChI is InChI=1S/C11H20N2O2/c1-8-3-4-13(9(8)2)11(14)7-15-10-5-12-6-10/h8-10,12H,3-7H2,1-2H3. The summed E-state index contributed by atoms with van der Waals surface area (Å²) >= 11 is 0. The predicted octanol–water partition coefficient (Wildman–Crippen LogP) is 0.232. The fourth-order valence-corrected chi connectivity index (χ4v) is 2.10. The molecule has 2 heterocycles. The number of nitrogens with one attached hydrogen (secondary N) is 1. The van der Waals surface area contributed by atoms with Gasteiger partial charge in [-0.3, -0.25) is 4.79 Å². The molecule has 2 rings (SSSR count). The summed E-state index contributed by atoms with van der Waals surface area (Å²) in [5.41, 5.74) is 0. The first-order chi connectivity index (χ1) is 7.18. The van der Waals surface area contributed by atoms with Gasteiger partial charge in [-0.05, 0) is 19.3 Å². The molecule has 0 radical (unpaired) electrons. The lowest BCUT2D eigenvalue weighted by molar-refractivity contribution is -0.140. The molecule has 1 N–H and O–H groups in total.